The highest BCUT2D eigenvalue weighted by Gasteiger charge is 2.52. The first kappa shape index (κ1) is 28.2. The summed E-state index contributed by atoms with van der Waals surface area (Å²) in [6.07, 6.45) is -5.63. The zero-order chi connectivity index (χ0) is 27.6. The van der Waals surface area contributed by atoms with Crippen LogP contribution < -0.4 is 0 Å². The number of hydrogen-bond acceptors (Lipinski definition) is 6. The Balaban J connectivity index is 1.42. The van der Waals surface area contributed by atoms with E-state index in [-0.39, 0.29) is 26.4 Å². The highest BCUT2D eigenvalue weighted by atomic mass is 16.6. The van der Waals surface area contributed by atoms with E-state index < -0.39 is 36.6 Å². The van der Waals surface area contributed by atoms with Gasteiger partial charge in [0.05, 0.1) is 26.4 Å². The number of aliphatic hydroxyl groups excluding tert-OH is 2. The van der Waals surface area contributed by atoms with Gasteiger partial charge < -0.3 is 29.2 Å². The minimum Gasteiger partial charge on any atom is -0.387 e. The van der Waals surface area contributed by atoms with Crippen molar-refractivity contribution in [2.45, 2.75) is 63.1 Å². The zero-order valence-corrected chi connectivity index (χ0v) is 22.4. The smallest absolute Gasteiger partial charge is 0.116 e. The molecular weight excluding hydrogens is 504 g/mol. The summed E-state index contributed by atoms with van der Waals surface area (Å²) in [4.78, 5) is 0. The molecule has 0 spiro atoms. The van der Waals surface area contributed by atoms with Crippen molar-refractivity contribution < 1.29 is 29.2 Å². The zero-order valence-electron chi connectivity index (χ0n) is 22.4. The molecule has 0 saturated heterocycles. The molecule has 208 valence electrons. The molecule has 1 fully saturated rings. The molecule has 6 heteroatoms. The molecule has 4 aromatic carbocycles. The molecule has 1 aliphatic rings. The second kappa shape index (κ2) is 14.3. The number of rotatable bonds is 12. The van der Waals surface area contributed by atoms with Gasteiger partial charge in [0.25, 0.3) is 0 Å². The summed E-state index contributed by atoms with van der Waals surface area (Å²) in [6.45, 7) is 1.08. The fourth-order valence-electron chi connectivity index (χ4n) is 4.98. The lowest BCUT2D eigenvalue weighted by molar-refractivity contribution is -0.273. The van der Waals surface area contributed by atoms with Crippen LogP contribution in [0.15, 0.2) is 121 Å². The topological polar surface area (TPSA) is 77.4 Å². The van der Waals surface area contributed by atoms with Crippen LogP contribution in [0.4, 0.5) is 0 Å². The van der Waals surface area contributed by atoms with Crippen LogP contribution in [0, 0.1) is 0 Å². The quantitative estimate of drug-likeness (QED) is 0.262. The Morgan fingerprint density at radius 3 is 0.825 bits per heavy atom. The third-order valence-electron chi connectivity index (χ3n) is 7.14. The average Bonchev–Trinajstić information content (AvgIpc) is 3.01. The van der Waals surface area contributed by atoms with Crippen molar-refractivity contribution in [3.8, 4) is 0 Å². The summed E-state index contributed by atoms with van der Waals surface area (Å²) in [7, 11) is 0. The van der Waals surface area contributed by atoms with Crippen LogP contribution in [-0.4, -0.2) is 46.8 Å². The Labute approximate surface area is 235 Å². The van der Waals surface area contributed by atoms with Crippen LogP contribution in [-0.2, 0) is 45.4 Å². The van der Waals surface area contributed by atoms with Gasteiger partial charge in [-0.3, -0.25) is 0 Å². The van der Waals surface area contributed by atoms with Crippen molar-refractivity contribution in [3.05, 3.63) is 144 Å². The Hall–Kier alpha value is -3.36. The summed E-state index contributed by atoms with van der Waals surface area (Å²) in [5, 5.41) is 22.7. The van der Waals surface area contributed by atoms with Gasteiger partial charge in [0, 0.05) is 0 Å². The lowest BCUT2D eigenvalue weighted by atomic mass is 9.84. The Kier molecular flexibility index (Phi) is 10.1. The molecule has 6 atom stereocenters. The number of ether oxygens (including phenoxy) is 4. The maximum Gasteiger partial charge on any atom is 0.116 e. The second-order valence-corrected chi connectivity index (χ2v) is 10.0. The summed E-state index contributed by atoms with van der Waals surface area (Å²) in [5.74, 6) is 0. The molecule has 0 heterocycles. The first-order chi connectivity index (χ1) is 19.7. The van der Waals surface area contributed by atoms with Gasteiger partial charge in [0.2, 0.25) is 0 Å². The predicted molar refractivity (Wildman–Crippen MR) is 152 cm³/mol. The second-order valence-electron chi connectivity index (χ2n) is 10.0. The first-order valence-corrected chi connectivity index (χ1v) is 13.7. The van der Waals surface area contributed by atoms with Gasteiger partial charge in [-0.25, -0.2) is 0 Å². The molecule has 5 rings (SSSR count). The van der Waals surface area contributed by atoms with Crippen LogP contribution >= 0.6 is 0 Å². The number of benzene rings is 4. The fourth-order valence-corrected chi connectivity index (χ4v) is 4.98. The molecular formula is C34H36O6. The molecule has 0 amide bonds. The van der Waals surface area contributed by atoms with Crippen molar-refractivity contribution in [1.82, 2.24) is 0 Å². The van der Waals surface area contributed by atoms with Crippen LogP contribution in [0.1, 0.15) is 22.3 Å². The van der Waals surface area contributed by atoms with Crippen LogP contribution in [0.5, 0.6) is 0 Å². The van der Waals surface area contributed by atoms with Crippen LogP contribution in [0.2, 0.25) is 0 Å². The van der Waals surface area contributed by atoms with Crippen molar-refractivity contribution in [1.29, 1.82) is 0 Å². The van der Waals surface area contributed by atoms with Gasteiger partial charge in [0.15, 0.2) is 0 Å². The molecule has 1 aliphatic carbocycles. The minimum atomic E-state index is -1.25. The molecule has 0 aliphatic heterocycles. The molecule has 4 aromatic rings. The lowest BCUT2D eigenvalue weighted by Gasteiger charge is -2.47. The largest absolute Gasteiger partial charge is 0.387 e. The van der Waals surface area contributed by atoms with Crippen LogP contribution in [0.25, 0.3) is 0 Å². The highest BCUT2D eigenvalue weighted by Crippen LogP contribution is 2.32. The molecule has 0 unspecified atom stereocenters. The van der Waals surface area contributed by atoms with E-state index in [2.05, 4.69) is 0 Å². The molecule has 0 bridgehead atoms. The summed E-state index contributed by atoms with van der Waals surface area (Å²) < 4.78 is 25.5. The monoisotopic (exact) mass is 540 g/mol. The highest BCUT2D eigenvalue weighted by molar-refractivity contribution is 5.17. The van der Waals surface area contributed by atoms with E-state index in [1.165, 1.54) is 0 Å². The number of hydrogen-bond donors (Lipinski definition) is 2. The van der Waals surface area contributed by atoms with Gasteiger partial charge in [-0.05, 0) is 22.3 Å². The molecule has 0 aromatic heterocycles. The van der Waals surface area contributed by atoms with Crippen molar-refractivity contribution in [2.75, 3.05) is 0 Å². The Morgan fingerprint density at radius 1 is 0.350 bits per heavy atom. The van der Waals surface area contributed by atoms with E-state index in [1.54, 1.807) is 0 Å². The molecule has 6 nitrogen and oxygen atoms in total. The maximum absolute atomic E-state index is 11.4. The van der Waals surface area contributed by atoms with Gasteiger partial charge >= 0.3 is 0 Å². The predicted octanol–water partition coefficient (Wildman–Crippen LogP) is 5.06. The third kappa shape index (κ3) is 7.43. The summed E-state index contributed by atoms with van der Waals surface area (Å²) >= 11 is 0. The molecule has 1 saturated carbocycles. The molecule has 40 heavy (non-hydrogen) atoms. The van der Waals surface area contributed by atoms with E-state index in [0.717, 1.165) is 22.3 Å². The normalized spacial score (nSPS) is 24.6. The average molecular weight is 541 g/mol. The third-order valence-corrected chi connectivity index (χ3v) is 7.14. The fraction of sp³-hybridized carbons (Fsp3) is 0.294. The Morgan fingerprint density at radius 2 is 0.575 bits per heavy atom. The molecule has 2 N–H and O–H groups in total. The van der Waals surface area contributed by atoms with Gasteiger partial charge in [0.1, 0.15) is 36.6 Å². The molecule has 0 radical (unpaired) electrons. The van der Waals surface area contributed by atoms with E-state index in [1.807, 2.05) is 121 Å². The van der Waals surface area contributed by atoms with E-state index in [0.29, 0.717) is 0 Å². The first-order valence-electron chi connectivity index (χ1n) is 13.7. The van der Waals surface area contributed by atoms with Crippen molar-refractivity contribution >= 4 is 0 Å². The van der Waals surface area contributed by atoms with Gasteiger partial charge in [-0.15, -0.1) is 0 Å². The van der Waals surface area contributed by atoms with Gasteiger partial charge in [-0.1, -0.05) is 121 Å². The van der Waals surface area contributed by atoms with E-state index in [9.17, 15) is 10.2 Å². The van der Waals surface area contributed by atoms with Crippen LogP contribution in [0.3, 0.4) is 0 Å². The van der Waals surface area contributed by atoms with Crippen molar-refractivity contribution in [2.24, 2.45) is 0 Å². The Bertz CT molecular complexity index is 1150. The van der Waals surface area contributed by atoms with E-state index >= 15 is 0 Å². The lowest BCUT2D eigenvalue weighted by Crippen LogP contribution is -2.66. The number of aliphatic hydroxyl groups is 2. The van der Waals surface area contributed by atoms with E-state index in [4.69, 9.17) is 18.9 Å². The SMILES string of the molecule is O[C@H]1[C@H](O)[C@H](OCc2ccccc2)[C@H](OCc2ccccc2)[C@@H](OCc2ccccc2)[C@@H]1OCc1ccccc1. The summed E-state index contributed by atoms with van der Waals surface area (Å²) in [5.41, 5.74) is 3.87. The summed E-state index contributed by atoms with van der Waals surface area (Å²) in [6, 6.07) is 39.1. The maximum atomic E-state index is 11.4. The van der Waals surface area contributed by atoms with Crippen molar-refractivity contribution in [3.63, 3.8) is 0 Å². The minimum absolute atomic E-state index is 0.251. The van der Waals surface area contributed by atoms with Gasteiger partial charge in [-0.2, -0.15) is 0 Å². The standard InChI is InChI=1S/C34H36O6/c35-29-30(36)32(38-22-26-15-7-2-8-16-26)34(40-24-28-19-11-4-12-20-28)33(39-23-27-17-9-3-10-18-27)31(29)37-21-25-13-5-1-6-14-25/h1-20,29-36H,21-24H2/t29-,30-,31-,32+,33-,34-/m0/s1.